The summed E-state index contributed by atoms with van der Waals surface area (Å²) < 4.78 is 43.2. The maximum Gasteiger partial charge on any atom is 0.269 e. The van der Waals surface area contributed by atoms with Crippen molar-refractivity contribution in [1.29, 1.82) is 5.26 Å². The van der Waals surface area contributed by atoms with E-state index >= 15 is 4.39 Å². The SMILES string of the molecule is C[C@@H]1CN(c2cc(F)c(C3=CCN(c4ncc(C#N)s4)CC3)cc2NC(=O)C2C=NC(=O)C=C2C(F)F)C[C@H](C)N1C. The molecule has 13 heteroatoms. The first-order chi connectivity index (χ1) is 20.0. The molecule has 4 heterocycles. The predicted octanol–water partition coefficient (Wildman–Crippen LogP) is 4.33. The van der Waals surface area contributed by atoms with Crippen LogP contribution in [0.5, 0.6) is 0 Å². The fourth-order valence-corrected chi connectivity index (χ4v) is 6.20. The number of nitrogens with one attached hydrogen (secondary N) is 1. The lowest BCUT2D eigenvalue weighted by atomic mass is 9.95. The van der Waals surface area contributed by atoms with Gasteiger partial charge in [-0.15, -0.1) is 0 Å². The molecule has 2 amide bonds. The summed E-state index contributed by atoms with van der Waals surface area (Å²) in [6.45, 7) is 6.26. The molecule has 42 heavy (non-hydrogen) atoms. The van der Waals surface area contributed by atoms with Gasteiger partial charge in [0.05, 0.1) is 17.6 Å². The molecular formula is C29H30F3N7O2S. The first-order valence-electron chi connectivity index (χ1n) is 13.5. The van der Waals surface area contributed by atoms with Gasteiger partial charge in [-0.2, -0.15) is 5.26 Å². The average Bonchev–Trinajstić information content (AvgIpc) is 3.46. The van der Waals surface area contributed by atoms with E-state index in [0.29, 0.717) is 65.6 Å². The number of amides is 2. The van der Waals surface area contributed by atoms with Crippen LogP contribution in [0.4, 0.5) is 29.7 Å². The zero-order chi connectivity index (χ0) is 30.1. The van der Waals surface area contributed by atoms with E-state index in [9.17, 15) is 18.4 Å². The smallest absolute Gasteiger partial charge is 0.269 e. The standard InChI is InChI=1S/C29H30F3N7O2S/c1-16-14-39(15-17(2)37(16)3)25-10-23(30)20(18-4-6-38(7-5-18)29-35-12-19(11-33)42-29)8-24(25)36-28(41)22-13-34-26(40)9-21(22)27(31)32/h4,8-10,12-13,16-17,22,27H,5-7,14-15H2,1-3H3,(H,36,41)/t16-,17+,22?. The van der Waals surface area contributed by atoms with Gasteiger partial charge in [0.2, 0.25) is 5.91 Å². The molecule has 9 nitrogen and oxygen atoms in total. The Hall–Kier alpha value is -4.02. The number of benzene rings is 1. The molecule has 5 rings (SSSR count). The van der Waals surface area contributed by atoms with E-state index < -0.39 is 35.5 Å². The normalized spacial score (nSPS) is 23.1. The number of hydrogen-bond donors (Lipinski definition) is 1. The molecule has 1 unspecified atom stereocenters. The molecule has 0 bridgehead atoms. The number of dihydropyridines is 1. The van der Waals surface area contributed by atoms with Crippen LogP contribution in [-0.4, -0.2) is 79.6 Å². The summed E-state index contributed by atoms with van der Waals surface area (Å²) >= 11 is 1.29. The van der Waals surface area contributed by atoms with Gasteiger partial charge in [0.15, 0.2) is 5.13 Å². The molecular weight excluding hydrogens is 567 g/mol. The lowest BCUT2D eigenvalue weighted by molar-refractivity contribution is -0.117. The van der Waals surface area contributed by atoms with Crippen molar-refractivity contribution in [3.8, 4) is 6.07 Å². The van der Waals surface area contributed by atoms with Crippen LogP contribution < -0.4 is 15.1 Å². The summed E-state index contributed by atoms with van der Waals surface area (Å²) in [5.74, 6) is -3.53. The van der Waals surface area contributed by atoms with Crippen LogP contribution in [0, 0.1) is 23.1 Å². The lowest BCUT2D eigenvalue weighted by Gasteiger charge is -2.44. The Morgan fingerprint density at radius 2 is 1.95 bits per heavy atom. The molecule has 3 aliphatic heterocycles. The van der Waals surface area contributed by atoms with Crippen LogP contribution >= 0.6 is 11.3 Å². The number of carbonyl (C=O) groups is 2. The second kappa shape index (κ2) is 12.1. The van der Waals surface area contributed by atoms with Crippen molar-refractivity contribution in [3.05, 3.63) is 52.3 Å². The number of carbonyl (C=O) groups excluding carboxylic acids is 2. The molecule has 0 aliphatic carbocycles. The van der Waals surface area contributed by atoms with Crippen molar-refractivity contribution in [1.82, 2.24) is 9.88 Å². The van der Waals surface area contributed by atoms with Crippen LogP contribution in [-0.2, 0) is 9.59 Å². The Kier molecular flexibility index (Phi) is 8.47. The molecule has 3 atom stereocenters. The number of alkyl halides is 2. The van der Waals surface area contributed by atoms with Gasteiger partial charge in [0.25, 0.3) is 12.3 Å². The molecule has 220 valence electrons. The minimum absolute atomic E-state index is 0.143. The zero-order valence-corrected chi connectivity index (χ0v) is 24.2. The fourth-order valence-electron chi connectivity index (χ4n) is 5.45. The topological polar surface area (TPSA) is 105 Å². The summed E-state index contributed by atoms with van der Waals surface area (Å²) in [5.41, 5.74) is 1.16. The van der Waals surface area contributed by atoms with Gasteiger partial charge in [-0.3, -0.25) is 14.5 Å². The molecule has 1 aromatic carbocycles. The predicted molar refractivity (Wildman–Crippen MR) is 157 cm³/mol. The molecule has 1 saturated heterocycles. The second-order valence-electron chi connectivity index (χ2n) is 10.7. The fraction of sp³-hybridized carbons (Fsp3) is 0.414. The number of thiazole rings is 1. The van der Waals surface area contributed by atoms with E-state index in [1.54, 1.807) is 6.07 Å². The van der Waals surface area contributed by atoms with E-state index in [0.717, 1.165) is 11.8 Å². The van der Waals surface area contributed by atoms with E-state index in [2.05, 4.69) is 40.1 Å². The van der Waals surface area contributed by atoms with E-state index in [4.69, 9.17) is 5.26 Å². The number of rotatable bonds is 6. The maximum atomic E-state index is 15.8. The molecule has 1 fully saturated rings. The first-order valence-corrected chi connectivity index (χ1v) is 14.4. The van der Waals surface area contributed by atoms with Gasteiger partial charge in [-0.25, -0.2) is 23.1 Å². The zero-order valence-electron chi connectivity index (χ0n) is 23.4. The number of halogens is 3. The largest absolute Gasteiger partial charge is 0.367 e. The van der Waals surface area contributed by atoms with E-state index in [1.165, 1.54) is 23.6 Å². The molecule has 0 radical (unpaired) electrons. The number of nitriles is 1. The highest BCUT2D eigenvalue weighted by Crippen LogP contribution is 2.37. The van der Waals surface area contributed by atoms with Crippen LogP contribution in [0.3, 0.4) is 0 Å². The third kappa shape index (κ3) is 5.96. The highest BCUT2D eigenvalue weighted by molar-refractivity contribution is 7.16. The van der Waals surface area contributed by atoms with Gasteiger partial charge in [-0.1, -0.05) is 17.4 Å². The summed E-state index contributed by atoms with van der Waals surface area (Å²) in [4.78, 5) is 39.5. The summed E-state index contributed by atoms with van der Waals surface area (Å²) in [6, 6.07) is 5.32. The average molecular weight is 598 g/mol. The highest BCUT2D eigenvalue weighted by Gasteiger charge is 2.33. The molecule has 3 aliphatic rings. The van der Waals surface area contributed by atoms with Crippen LogP contribution in [0.25, 0.3) is 5.57 Å². The van der Waals surface area contributed by atoms with Crippen molar-refractivity contribution in [2.45, 2.75) is 38.8 Å². The summed E-state index contributed by atoms with van der Waals surface area (Å²) in [7, 11) is 2.02. The third-order valence-electron chi connectivity index (χ3n) is 8.01. The van der Waals surface area contributed by atoms with Gasteiger partial charge in [0.1, 0.15) is 22.7 Å². The number of nitrogens with zero attached hydrogens (tertiary/aromatic N) is 6. The number of piperazine rings is 1. The Bertz CT molecular complexity index is 1520. The number of hydrogen-bond acceptors (Lipinski definition) is 8. The molecule has 1 aromatic heterocycles. The van der Waals surface area contributed by atoms with Crippen molar-refractivity contribution >= 4 is 51.4 Å². The lowest BCUT2D eigenvalue weighted by Crippen LogP contribution is -2.55. The highest BCUT2D eigenvalue weighted by atomic mass is 32.1. The minimum Gasteiger partial charge on any atom is -0.367 e. The van der Waals surface area contributed by atoms with Gasteiger partial charge in [0, 0.05) is 61.7 Å². The molecule has 0 spiro atoms. The first kappa shape index (κ1) is 29.5. The molecule has 2 aromatic rings. The van der Waals surface area contributed by atoms with Gasteiger partial charge >= 0.3 is 0 Å². The molecule has 1 N–H and O–H groups in total. The van der Waals surface area contributed by atoms with Crippen molar-refractivity contribution in [2.75, 3.05) is 48.3 Å². The van der Waals surface area contributed by atoms with Gasteiger partial charge < -0.3 is 15.1 Å². The Morgan fingerprint density at radius 3 is 2.57 bits per heavy atom. The second-order valence-corrected chi connectivity index (χ2v) is 11.7. The number of likely N-dealkylation sites (N-methyl/N-ethyl adjacent to an activating group) is 1. The number of aliphatic imine (C=N–C) groups is 1. The van der Waals surface area contributed by atoms with Crippen molar-refractivity contribution in [3.63, 3.8) is 0 Å². The number of aromatic nitrogens is 1. The molecule has 0 saturated carbocycles. The summed E-state index contributed by atoms with van der Waals surface area (Å²) in [5, 5.41) is 12.6. The summed E-state index contributed by atoms with van der Waals surface area (Å²) in [6.07, 6.45) is 2.50. The van der Waals surface area contributed by atoms with E-state index in [-0.39, 0.29) is 12.1 Å². The Balaban J connectivity index is 1.48. The quantitative estimate of drug-likeness (QED) is 0.529. The number of anilines is 3. The maximum absolute atomic E-state index is 15.8. The van der Waals surface area contributed by atoms with Crippen molar-refractivity contribution < 1.29 is 22.8 Å². The Morgan fingerprint density at radius 1 is 1.21 bits per heavy atom. The van der Waals surface area contributed by atoms with E-state index in [1.807, 2.05) is 22.9 Å². The monoisotopic (exact) mass is 597 g/mol. The minimum atomic E-state index is -3.02. The van der Waals surface area contributed by atoms with Gasteiger partial charge in [-0.05, 0) is 45.0 Å². The van der Waals surface area contributed by atoms with Crippen LogP contribution in [0.1, 0.15) is 30.7 Å². The van der Waals surface area contributed by atoms with Crippen LogP contribution in [0.2, 0.25) is 0 Å². The van der Waals surface area contributed by atoms with Crippen LogP contribution in [0.15, 0.2) is 41.0 Å². The van der Waals surface area contributed by atoms with Crippen molar-refractivity contribution in [2.24, 2.45) is 10.9 Å². The Labute approximate surface area is 245 Å². The third-order valence-corrected chi connectivity index (χ3v) is 8.97.